The van der Waals surface area contributed by atoms with Gasteiger partial charge in [-0.15, -0.1) is 0 Å². The second kappa shape index (κ2) is 5.42. The van der Waals surface area contributed by atoms with E-state index in [1.165, 1.54) is 7.11 Å². The van der Waals surface area contributed by atoms with Crippen LogP contribution in [0.15, 0.2) is 0 Å². The number of ether oxygens (including phenoxy) is 2. The summed E-state index contributed by atoms with van der Waals surface area (Å²) in [5, 5.41) is 0. The molecule has 2 amide bonds. The van der Waals surface area contributed by atoms with E-state index in [1.54, 1.807) is 20.8 Å². The predicted molar refractivity (Wildman–Crippen MR) is 71.9 cm³/mol. The normalized spacial score (nSPS) is 22.4. The second-order valence-corrected chi connectivity index (χ2v) is 6.85. The van der Waals surface area contributed by atoms with E-state index in [0.29, 0.717) is 6.42 Å². The highest BCUT2D eigenvalue weighted by atomic mass is 16.6. The summed E-state index contributed by atoms with van der Waals surface area (Å²) in [6.07, 6.45) is -0.359. The maximum Gasteiger partial charge on any atom is 0.417 e. The zero-order valence-corrected chi connectivity index (χ0v) is 13.0. The van der Waals surface area contributed by atoms with Crippen LogP contribution in [0.5, 0.6) is 0 Å². The van der Waals surface area contributed by atoms with E-state index in [-0.39, 0.29) is 12.0 Å². The largest absolute Gasteiger partial charge is 0.468 e. The maximum atomic E-state index is 12.3. The van der Waals surface area contributed by atoms with Gasteiger partial charge in [-0.2, -0.15) is 0 Å². The number of amides is 2. The molecule has 6 nitrogen and oxygen atoms in total. The van der Waals surface area contributed by atoms with Crippen molar-refractivity contribution >= 4 is 18.0 Å². The van der Waals surface area contributed by atoms with Crippen molar-refractivity contribution in [1.82, 2.24) is 4.90 Å². The molecular weight excluding hydrogens is 262 g/mol. The summed E-state index contributed by atoms with van der Waals surface area (Å²) in [4.78, 5) is 37.1. The number of hydrogen-bond donors (Lipinski definition) is 0. The zero-order chi connectivity index (χ0) is 15.7. The molecule has 0 N–H and O–H groups in total. The molecule has 1 aliphatic rings. The third kappa shape index (κ3) is 3.95. The summed E-state index contributed by atoms with van der Waals surface area (Å²) in [5.41, 5.74) is -1.05. The van der Waals surface area contributed by atoms with Crippen molar-refractivity contribution in [2.75, 3.05) is 13.7 Å². The topological polar surface area (TPSA) is 72.9 Å². The molecule has 1 atom stereocenters. The minimum atomic E-state index is -0.948. The van der Waals surface area contributed by atoms with E-state index in [2.05, 4.69) is 4.74 Å². The molecule has 0 aromatic carbocycles. The predicted octanol–water partition coefficient (Wildman–Crippen LogP) is 1.97. The molecular formula is C14H23NO5. The standard InChI is InChI=1S/C14H23NO5/c1-13(2,3)20-12(18)15-8-14(4,5)7-9(10(15)16)11(17)19-6/h9H,7-8H2,1-6H3. The molecule has 114 valence electrons. The number of methoxy groups -OCH3 is 1. The van der Waals surface area contributed by atoms with Gasteiger partial charge in [0.15, 0.2) is 0 Å². The monoisotopic (exact) mass is 285 g/mol. The molecule has 1 unspecified atom stereocenters. The Kier molecular flexibility index (Phi) is 4.46. The van der Waals surface area contributed by atoms with Gasteiger partial charge >= 0.3 is 12.1 Å². The molecule has 0 spiro atoms. The molecule has 1 fully saturated rings. The van der Waals surface area contributed by atoms with Gasteiger partial charge in [-0.05, 0) is 32.6 Å². The highest BCUT2D eigenvalue weighted by Gasteiger charge is 2.46. The average Bonchev–Trinajstić information content (AvgIpc) is 2.28. The number of rotatable bonds is 1. The SMILES string of the molecule is COC(=O)C1CC(C)(C)CN(C(=O)OC(C)(C)C)C1=O. The number of carbonyl (C=O) groups is 3. The van der Waals surface area contributed by atoms with Crippen LogP contribution in [0.4, 0.5) is 4.79 Å². The fourth-order valence-corrected chi connectivity index (χ4v) is 2.20. The van der Waals surface area contributed by atoms with Gasteiger partial charge < -0.3 is 9.47 Å². The Morgan fingerprint density at radius 2 is 1.85 bits per heavy atom. The van der Waals surface area contributed by atoms with Gasteiger partial charge in [0, 0.05) is 6.54 Å². The Balaban J connectivity index is 2.97. The Labute approximate surface area is 119 Å². The van der Waals surface area contributed by atoms with Crippen molar-refractivity contribution in [1.29, 1.82) is 0 Å². The van der Waals surface area contributed by atoms with Crippen LogP contribution in [0.25, 0.3) is 0 Å². The van der Waals surface area contributed by atoms with Crippen LogP contribution in [-0.4, -0.2) is 42.1 Å². The van der Waals surface area contributed by atoms with Gasteiger partial charge in [0.2, 0.25) is 5.91 Å². The van der Waals surface area contributed by atoms with Crippen molar-refractivity contribution in [3.05, 3.63) is 0 Å². The van der Waals surface area contributed by atoms with Gasteiger partial charge in [0.05, 0.1) is 7.11 Å². The molecule has 6 heteroatoms. The van der Waals surface area contributed by atoms with E-state index >= 15 is 0 Å². The van der Waals surface area contributed by atoms with Crippen LogP contribution in [-0.2, 0) is 19.1 Å². The fraction of sp³-hybridized carbons (Fsp3) is 0.786. The van der Waals surface area contributed by atoms with Crippen LogP contribution >= 0.6 is 0 Å². The number of likely N-dealkylation sites (tertiary alicyclic amines) is 1. The second-order valence-electron chi connectivity index (χ2n) is 6.85. The van der Waals surface area contributed by atoms with Crippen LogP contribution in [0.3, 0.4) is 0 Å². The third-order valence-electron chi connectivity index (χ3n) is 3.01. The quantitative estimate of drug-likeness (QED) is 0.544. The van der Waals surface area contributed by atoms with Gasteiger partial charge in [0.25, 0.3) is 0 Å². The number of carbonyl (C=O) groups excluding carboxylic acids is 3. The van der Waals surface area contributed by atoms with Gasteiger partial charge in [-0.3, -0.25) is 9.59 Å². The fourth-order valence-electron chi connectivity index (χ4n) is 2.20. The summed E-state index contributed by atoms with van der Waals surface area (Å²) in [5.74, 6) is -2.11. The van der Waals surface area contributed by atoms with Gasteiger partial charge in [-0.25, -0.2) is 9.69 Å². The van der Waals surface area contributed by atoms with Crippen molar-refractivity contribution in [2.45, 2.75) is 46.6 Å². The van der Waals surface area contributed by atoms with E-state index in [0.717, 1.165) is 4.90 Å². The molecule has 1 heterocycles. The molecule has 0 radical (unpaired) electrons. The van der Waals surface area contributed by atoms with Crippen molar-refractivity contribution in [2.24, 2.45) is 11.3 Å². The first-order valence-electron chi connectivity index (χ1n) is 6.59. The van der Waals surface area contributed by atoms with Crippen molar-refractivity contribution in [3.63, 3.8) is 0 Å². The average molecular weight is 285 g/mol. The summed E-state index contributed by atoms with van der Waals surface area (Å²) in [6.45, 7) is 9.19. The lowest BCUT2D eigenvalue weighted by Crippen LogP contribution is -2.54. The lowest BCUT2D eigenvalue weighted by molar-refractivity contribution is -0.158. The summed E-state index contributed by atoms with van der Waals surface area (Å²) in [6, 6.07) is 0. The summed E-state index contributed by atoms with van der Waals surface area (Å²) in [7, 11) is 1.23. The first kappa shape index (κ1) is 16.5. The van der Waals surface area contributed by atoms with Crippen molar-refractivity contribution in [3.8, 4) is 0 Å². The number of esters is 1. The van der Waals surface area contributed by atoms with Crippen LogP contribution in [0.2, 0.25) is 0 Å². The Hall–Kier alpha value is -1.59. The highest BCUT2D eigenvalue weighted by molar-refractivity contribution is 6.04. The molecule has 0 aromatic rings. The molecule has 20 heavy (non-hydrogen) atoms. The molecule has 1 saturated heterocycles. The van der Waals surface area contributed by atoms with Crippen molar-refractivity contribution < 1.29 is 23.9 Å². The van der Waals surface area contributed by atoms with E-state index in [9.17, 15) is 14.4 Å². The minimum Gasteiger partial charge on any atom is -0.468 e. The molecule has 1 aliphatic heterocycles. The molecule has 0 bridgehead atoms. The maximum absolute atomic E-state index is 12.3. The van der Waals surface area contributed by atoms with E-state index < -0.39 is 29.5 Å². The highest BCUT2D eigenvalue weighted by Crippen LogP contribution is 2.34. The first-order valence-corrected chi connectivity index (χ1v) is 6.59. The van der Waals surface area contributed by atoms with Gasteiger partial charge in [-0.1, -0.05) is 13.8 Å². The molecule has 1 rings (SSSR count). The van der Waals surface area contributed by atoms with E-state index in [1.807, 2.05) is 13.8 Å². The smallest absolute Gasteiger partial charge is 0.417 e. The van der Waals surface area contributed by atoms with Crippen LogP contribution in [0.1, 0.15) is 41.0 Å². The third-order valence-corrected chi connectivity index (χ3v) is 3.01. The van der Waals surface area contributed by atoms with Gasteiger partial charge in [0.1, 0.15) is 11.5 Å². The van der Waals surface area contributed by atoms with Crippen LogP contribution < -0.4 is 0 Å². The molecule has 0 aromatic heterocycles. The van der Waals surface area contributed by atoms with Crippen LogP contribution in [0, 0.1) is 11.3 Å². The summed E-state index contributed by atoms with van der Waals surface area (Å²) < 4.78 is 9.86. The number of imide groups is 1. The minimum absolute atomic E-state index is 0.230. The lowest BCUT2D eigenvalue weighted by atomic mass is 9.78. The summed E-state index contributed by atoms with van der Waals surface area (Å²) >= 11 is 0. The zero-order valence-electron chi connectivity index (χ0n) is 13.0. The number of nitrogens with zero attached hydrogens (tertiary/aromatic N) is 1. The first-order chi connectivity index (χ1) is 8.97. The Morgan fingerprint density at radius 1 is 1.30 bits per heavy atom. The molecule has 0 aliphatic carbocycles. The molecule has 0 saturated carbocycles. The Morgan fingerprint density at radius 3 is 2.30 bits per heavy atom. The van der Waals surface area contributed by atoms with E-state index in [4.69, 9.17) is 4.74 Å². The Bertz CT molecular complexity index is 422. The number of hydrogen-bond acceptors (Lipinski definition) is 5. The number of piperidine rings is 1. The lowest BCUT2D eigenvalue weighted by Gasteiger charge is -2.40.